The highest BCUT2D eigenvalue weighted by atomic mass is 79.9. The Hall–Kier alpha value is -1.88. The van der Waals surface area contributed by atoms with Gasteiger partial charge in [-0.3, -0.25) is 0 Å². The van der Waals surface area contributed by atoms with Crippen molar-refractivity contribution in [2.75, 3.05) is 0 Å². The SMILES string of the molecule is CC.CC1CC(c2ccccc2O)n2c1nc1cc(F)c(Br)cc12. The first-order chi connectivity index (χ1) is 11.6. The molecule has 0 bridgehead atoms. The Morgan fingerprint density at radius 3 is 2.67 bits per heavy atom. The van der Waals surface area contributed by atoms with Crippen LogP contribution in [0, 0.1) is 5.82 Å². The van der Waals surface area contributed by atoms with Crippen LogP contribution in [0.3, 0.4) is 0 Å². The van der Waals surface area contributed by atoms with Gasteiger partial charge in [-0.2, -0.15) is 0 Å². The molecule has 0 saturated heterocycles. The lowest BCUT2D eigenvalue weighted by Crippen LogP contribution is -2.05. The smallest absolute Gasteiger partial charge is 0.139 e. The van der Waals surface area contributed by atoms with Crippen molar-refractivity contribution in [1.29, 1.82) is 0 Å². The third kappa shape index (κ3) is 2.61. The first-order valence-corrected chi connectivity index (χ1v) is 9.00. The highest BCUT2D eigenvalue weighted by molar-refractivity contribution is 9.10. The van der Waals surface area contributed by atoms with E-state index in [1.165, 1.54) is 6.07 Å². The lowest BCUT2D eigenvalue weighted by atomic mass is 9.99. The largest absolute Gasteiger partial charge is 0.508 e. The predicted octanol–water partition coefficient (Wildman–Crippen LogP) is 5.77. The minimum atomic E-state index is -0.309. The normalized spacial score (nSPS) is 19.0. The highest BCUT2D eigenvalue weighted by Gasteiger charge is 2.33. The Bertz CT molecular complexity index is 890. The molecule has 126 valence electrons. The zero-order valence-electron chi connectivity index (χ0n) is 13.9. The lowest BCUT2D eigenvalue weighted by molar-refractivity contribution is 0.454. The van der Waals surface area contributed by atoms with Crippen molar-refractivity contribution in [2.45, 2.75) is 39.2 Å². The first kappa shape index (κ1) is 17.0. The van der Waals surface area contributed by atoms with Gasteiger partial charge in [0.2, 0.25) is 0 Å². The molecule has 1 aliphatic rings. The Morgan fingerprint density at radius 2 is 1.96 bits per heavy atom. The van der Waals surface area contributed by atoms with E-state index in [2.05, 4.69) is 32.4 Å². The maximum absolute atomic E-state index is 13.8. The second-order valence-electron chi connectivity index (χ2n) is 5.81. The number of aromatic nitrogens is 2. The van der Waals surface area contributed by atoms with Crippen LogP contribution in [0.15, 0.2) is 40.9 Å². The molecule has 0 spiro atoms. The molecule has 5 heteroatoms. The van der Waals surface area contributed by atoms with Crippen molar-refractivity contribution in [3.8, 4) is 5.75 Å². The monoisotopic (exact) mass is 390 g/mol. The highest BCUT2D eigenvalue weighted by Crippen LogP contribution is 2.44. The Labute approximate surface area is 149 Å². The fourth-order valence-corrected chi connectivity index (χ4v) is 3.70. The number of benzene rings is 2. The van der Waals surface area contributed by atoms with E-state index >= 15 is 0 Å². The lowest BCUT2D eigenvalue weighted by Gasteiger charge is -2.16. The summed E-state index contributed by atoms with van der Waals surface area (Å²) in [5.74, 6) is 1.19. The first-order valence-electron chi connectivity index (χ1n) is 8.21. The Morgan fingerprint density at radius 1 is 1.25 bits per heavy atom. The van der Waals surface area contributed by atoms with Gasteiger partial charge in [0, 0.05) is 17.5 Å². The summed E-state index contributed by atoms with van der Waals surface area (Å²) in [6.45, 7) is 6.11. The summed E-state index contributed by atoms with van der Waals surface area (Å²) >= 11 is 3.25. The van der Waals surface area contributed by atoms with E-state index in [1.54, 1.807) is 12.1 Å². The predicted molar refractivity (Wildman–Crippen MR) is 98.0 cm³/mol. The van der Waals surface area contributed by atoms with Crippen LogP contribution in [-0.4, -0.2) is 14.7 Å². The third-order valence-corrected chi connectivity index (χ3v) is 4.99. The number of imidazole rings is 1. The van der Waals surface area contributed by atoms with Gasteiger partial charge >= 0.3 is 0 Å². The van der Waals surface area contributed by atoms with Crippen molar-refractivity contribution < 1.29 is 9.50 Å². The molecule has 3 nitrogen and oxygen atoms in total. The summed E-state index contributed by atoms with van der Waals surface area (Å²) < 4.78 is 16.3. The van der Waals surface area contributed by atoms with Crippen molar-refractivity contribution in [1.82, 2.24) is 9.55 Å². The van der Waals surface area contributed by atoms with E-state index in [4.69, 9.17) is 0 Å². The molecule has 3 aromatic rings. The van der Waals surface area contributed by atoms with Gasteiger partial charge in [-0.25, -0.2) is 9.37 Å². The molecule has 2 heterocycles. The fraction of sp³-hybridized carbons (Fsp3) is 0.316. The molecule has 0 saturated carbocycles. The van der Waals surface area contributed by atoms with Gasteiger partial charge in [0.1, 0.15) is 17.4 Å². The second-order valence-corrected chi connectivity index (χ2v) is 6.66. The van der Waals surface area contributed by atoms with E-state index in [1.807, 2.05) is 32.0 Å². The van der Waals surface area contributed by atoms with Gasteiger partial charge in [0.15, 0.2) is 0 Å². The van der Waals surface area contributed by atoms with Gasteiger partial charge in [0.05, 0.1) is 21.5 Å². The van der Waals surface area contributed by atoms with Crippen LogP contribution in [0.2, 0.25) is 0 Å². The average molecular weight is 391 g/mol. The number of aromatic hydroxyl groups is 1. The molecule has 1 N–H and O–H groups in total. The number of nitrogens with zero attached hydrogens (tertiary/aromatic N) is 2. The van der Waals surface area contributed by atoms with Crippen molar-refractivity contribution >= 4 is 27.0 Å². The van der Waals surface area contributed by atoms with Crippen LogP contribution in [0.4, 0.5) is 4.39 Å². The molecule has 0 amide bonds. The van der Waals surface area contributed by atoms with E-state index in [-0.39, 0.29) is 23.5 Å². The van der Waals surface area contributed by atoms with Gasteiger partial charge in [-0.15, -0.1) is 0 Å². The second kappa shape index (κ2) is 6.55. The molecule has 2 unspecified atom stereocenters. The van der Waals surface area contributed by atoms with E-state index in [0.717, 1.165) is 23.3 Å². The average Bonchev–Trinajstić information content (AvgIpc) is 3.09. The molecular weight excluding hydrogens is 371 g/mol. The van der Waals surface area contributed by atoms with Crippen molar-refractivity contribution in [3.63, 3.8) is 0 Å². The number of para-hydroxylation sites is 1. The summed E-state index contributed by atoms with van der Waals surface area (Å²) in [7, 11) is 0. The molecule has 1 aromatic heterocycles. The maximum atomic E-state index is 13.8. The molecule has 24 heavy (non-hydrogen) atoms. The zero-order chi connectivity index (χ0) is 17.4. The molecule has 1 aliphatic heterocycles. The number of hydrogen-bond donors (Lipinski definition) is 1. The van der Waals surface area contributed by atoms with E-state index < -0.39 is 0 Å². The summed E-state index contributed by atoms with van der Waals surface area (Å²) in [6, 6.07) is 10.6. The van der Waals surface area contributed by atoms with E-state index in [9.17, 15) is 9.50 Å². The number of halogens is 2. The van der Waals surface area contributed by atoms with Crippen molar-refractivity contribution in [3.05, 3.63) is 58.1 Å². The molecule has 0 fully saturated rings. The number of phenolic OH excluding ortho intramolecular Hbond substituents is 1. The van der Waals surface area contributed by atoms with Gasteiger partial charge in [0.25, 0.3) is 0 Å². The van der Waals surface area contributed by atoms with Crippen molar-refractivity contribution in [2.24, 2.45) is 0 Å². The van der Waals surface area contributed by atoms with Crippen LogP contribution in [0.5, 0.6) is 5.75 Å². The molecule has 2 atom stereocenters. The zero-order valence-corrected chi connectivity index (χ0v) is 15.5. The number of rotatable bonds is 1. The van der Waals surface area contributed by atoms with Gasteiger partial charge in [-0.05, 0) is 34.5 Å². The molecular formula is C19H20BrFN2O. The summed E-state index contributed by atoms with van der Waals surface area (Å²) in [5, 5.41) is 10.2. The minimum absolute atomic E-state index is 0.0218. The topological polar surface area (TPSA) is 38.0 Å². The standard InChI is InChI=1S/C17H14BrFN2O.C2H6/c1-9-6-14(10-4-2-3-5-16(10)22)21-15-7-11(18)12(19)8-13(15)20-17(9)21;1-2/h2-5,7-9,14,22H,6H2,1H3;1-2H3. The number of hydrogen-bond acceptors (Lipinski definition) is 2. The minimum Gasteiger partial charge on any atom is -0.508 e. The van der Waals surface area contributed by atoms with Gasteiger partial charge in [-0.1, -0.05) is 39.0 Å². The number of fused-ring (bicyclic) bond motifs is 3. The van der Waals surface area contributed by atoms with Crippen LogP contribution in [-0.2, 0) is 0 Å². The number of phenols is 1. The third-order valence-electron chi connectivity index (χ3n) is 4.38. The quantitative estimate of drug-likeness (QED) is 0.572. The molecule has 0 aliphatic carbocycles. The fourth-order valence-electron chi connectivity index (χ4n) is 3.37. The van der Waals surface area contributed by atoms with Crippen LogP contribution < -0.4 is 0 Å². The van der Waals surface area contributed by atoms with Gasteiger partial charge < -0.3 is 9.67 Å². The Balaban J connectivity index is 0.000000815. The summed E-state index contributed by atoms with van der Waals surface area (Å²) in [6.07, 6.45) is 0.880. The van der Waals surface area contributed by atoms with Crippen LogP contribution in [0.1, 0.15) is 50.5 Å². The van der Waals surface area contributed by atoms with E-state index in [0.29, 0.717) is 9.99 Å². The summed E-state index contributed by atoms with van der Waals surface area (Å²) in [4.78, 5) is 4.60. The maximum Gasteiger partial charge on any atom is 0.139 e. The molecule has 4 rings (SSSR count). The van der Waals surface area contributed by atoms with Crippen LogP contribution in [0.25, 0.3) is 11.0 Å². The molecule has 0 radical (unpaired) electrons. The van der Waals surface area contributed by atoms with Crippen LogP contribution >= 0.6 is 15.9 Å². The Kier molecular flexibility index (Phi) is 4.63. The summed E-state index contributed by atoms with van der Waals surface area (Å²) in [5.41, 5.74) is 2.43. The molecule has 2 aromatic carbocycles.